The van der Waals surface area contributed by atoms with E-state index in [2.05, 4.69) is 10.5 Å². The van der Waals surface area contributed by atoms with Gasteiger partial charge in [-0.2, -0.15) is 0 Å². The fourth-order valence-electron chi connectivity index (χ4n) is 4.50. The van der Waals surface area contributed by atoms with Crippen LogP contribution in [0.25, 0.3) is 0 Å². The average Bonchev–Trinajstić information content (AvgIpc) is 3.49. The second-order valence-corrected chi connectivity index (χ2v) is 12.1. The van der Waals surface area contributed by atoms with Crippen molar-refractivity contribution in [1.29, 1.82) is 0 Å². The SMILES string of the molecule is CC(C)(C(=O)Nc1cc(C2(COC3CCCCO3)CCCC2)no1)S(=O)(=O)c1ccc(F)cc1. The average molecular weight is 495 g/mol. The largest absolute Gasteiger partial charge is 0.353 e. The zero-order valence-corrected chi connectivity index (χ0v) is 20.3. The fourth-order valence-corrected chi connectivity index (χ4v) is 5.88. The van der Waals surface area contributed by atoms with Gasteiger partial charge in [-0.05, 0) is 70.2 Å². The highest BCUT2D eigenvalue weighted by Crippen LogP contribution is 2.42. The van der Waals surface area contributed by atoms with E-state index in [1.807, 2.05) is 0 Å². The van der Waals surface area contributed by atoms with Crippen LogP contribution in [0.2, 0.25) is 0 Å². The van der Waals surface area contributed by atoms with Crippen molar-refractivity contribution in [2.45, 2.75) is 80.1 Å². The number of aromatic nitrogens is 1. The van der Waals surface area contributed by atoms with Gasteiger partial charge in [0.2, 0.25) is 11.8 Å². The quantitative estimate of drug-likeness (QED) is 0.543. The number of rotatable bonds is 8. The molecule has 4 rings (SSSR count). The van der Waals surface area contributed by atoms with Crippen molar-refractivity contribution < 1.29 is 31.6 Å². The molecule has 1 aromatic carbocycles. The molecule has 34 heavy (non-hydrogen) atoms. The van der Waals surface area contributed by atoms with Crippen LogP contribution >= 0.6 is 0 Å². The molecular formula is C24H31FN2O6S. The first kappa shape index (κ1) is 24.8. The van der Waals surface area contributed by atoms with Crippen LogP contribution in [0.5, 0.6) is 0 Å². The molecule has 8 nitrogen and oxygen atoms in total. The highest BCUT2D eigenvalue weighted by atomic mass is 32.2. The lowest BCUT2D eigenvalue weighted by molar-refractivity contribution is -0.172. The molecule has 1 atom stereocenters. The third-order valence-corrected chi connectivity index (χ3v) is 9.30. The summed E-state index contributed by atoms with van der Waals surface area (Å²) in [5.41, 5.74) is 0.346. The molecule has 0 bridgehead atoms. The Balaban J connectivity index is 1.47. The molecule has 10 heteroatoms. The van der Waals surface area contributed by atoms with Crippen LogP contribution in [-0.2, 0) is 29.5 Å². The summed E-state index contributed by atoms with van der Waals surface area (Å²) in [6.07, 6.45) is 6.61. The number of carbonyl (C=O) groups is 1. The van der Waals surface area contributed by atoms with Crippen LogP contribution in [0.4, 0.5) is 10.3 Å². The van der Waals surface area contributed by atoms with Gasteiger partial charge < -0.3 is 14.0 Å². The van der Waals surface area contributed by atoms with Crippen LogP contribution in [0.1, 0.15) is 64.5 Å². The van der Waals surface area contributed by atoms with Gasteiger partial charge in [-0.1, -0.05) is 18.0 Å². The second kappa shape index (κ2) is 9.75. The van der Waals surface area contributed by atoms with Gasteiger partial charge in [0.05, 0.1) is 17.2 Å². The molecule has 1 amide bonds. The lowest BCUT2D eigenvalue weighted by Gasteiger charge is -2.30. The molecule has 2 fully saturated rings. The zero-order chi connectivity index (χ0) is 24.4. The number of ether oxygens (including phenoxy) is 2. The Labute approximate surface area is 199 Å². The van der Waals surface area contributed by atoms with Gasteiger partial charge in [-0.15, -0.1) is 0 Å². The molecule has 1 unspecified atom stereocenters. The van der Waals surface area contributed by atoms with E-state index in [0.29, 0.717) is 18.9 Å². The van der Waals surface area contributed by atoms with Crippen molar-refractivity contribution in [1.82, 2.24) is 5.16 Å². The van der Waals surface area contributed by atoms with E-state index in [-0.39, 0.29) is 22.5 Å². The number of hydrogen-bond acceptors (Lipinski definition) is 7. The first-order chi connectivity index (χ1) is 16.1. The molecule has 1 aromatic heterocycles. The molecule has 1 N–H and O–H groups in total. The van der Waals surface area contributed by atoms with Crippen LogP contribution < -0.4 is 5.32 Å². The molecule has 1 aliphatic carbocycles. The molecule has 2 aliphatic rings. The number of halogens is 1. The second-order valence-electron chi connectivity index (χ2n) is 9.59. The van der Waals surface area contributed by atoms with Crippen molar-refractivity contribution >= 4 is 21.6 Å². The maximum atomic E-state index is 13.2. The standard InChI is InChI=1S/C24H31FN2O6S/c1-23(2,34(29,30)18-10-8-17(25)9-11-18)22(28)26-20-15-19(27-33-20)24(12-4-5-13-24)16-32-21-7-3-6-14-31-21/h8-11,15,21H,3-7,12-14,16H2,1-2H3,(H,26,28). The lowest BCUT2D eigenvalue weighted by atomic mass is 9.83. The van der Waals surface area contributed by atoms with E-state index >= 15 is 0 Å². The third-order valence-electron chi connectivity index (χ3n) is 6.88. The summed E-state index contributed by atoms with van der Waals surface area (Å²) < 4.78 is 54.6. The lowest BCUT2D eigenvalue weighted by Crippen LogP contribution is -2.44. The Bertz CT molecular complexity index is 1100. The van der Waals surface area contributed by atoms with Crippen molar-refractivity contribution in [3.63, 3.8) is 0 Å². The zero-order valence-electron chi connectivity index (χ0n) is 19.5. The summed E-state index contributed by atoms with van der Waals surface area (Å²) in [6, 6.07) is 6.03. The van der Waals surface area contributed by atoms with Crippen molar-refractivity contribution in [3.8, 4) is 0 Å². The fraction of sp³-hybridized carbons (Fsp3) is 0.583. The minimum absolute atomic E-state index is 0.0718. The normalized spacial score (nSPS) is 20.9. The van der Waals surface area contributed by atoms with E-state index in [1.54, 1.807) is 6.07 Å². The minimum Gasteiger partial charge on any atom is -0.353 e. The number of nitrogens with one attached hydrogen (secondary N) is 1. The Hall–Kier alpha value is -2.30. The first-order valence-electron chi connectivity index (χ1n) is 11.7. The van der Waals surface area contributed by atoms with Gasteiger partial charge in [-0.3, -0.25) is 10.1 Å². The van der Waals surface area contributed by atoms with E-state index in [1.165, 1.54) is 13.8 Å². The van der Waals surface area contributed by atoms with E-state index in [9.17, 15) is 17.6 Å². The number of anilines is 1. The molecule has 1 saturated carbocycles. The number of carbonyl (C=O) groups excluding carboxylic acids is 1. The smallest absolute Gasteiger partial charge is 0.248 e. The Morgan fingerprint density at radius 1 is 1.21 bits per heavy atom. The molecule has 2 aromatic rings. The third kappa shape index (κ3) is 4.89. The summed E-state index contributed by atoms with van der Waals surface area (Å²) in [4.78, 5) is 12.8. The predicted octanol–water partition coefficient (Wildman–Crippen LogP) is 4.36. The van der Waals surface area contributed by atoms with Gasteiger partial charge in [0.15, 0.2) is 16.1 Å². The number of benzene rings is 1. The van der Waals surface area contributed by atoms with Gasteiger partial charge in [0, 0.05) is 18.1 Å². The van der Waals surface area contributed by atoms with E-state index in [0.717, 1.165) is 69.2 Å². The summed E-state index contributed by atoms with van der Waals surface area (Å²) >= 11 is 0. The van der Waals surface area contributed by atoms with Crippen molar-refractivity contribution in [3.05, 3.63) is 41.8 Å². The van der Waals surface area contributed by atoms with Crippen LogP contribution in [-0.4, -0.2) is 43.7 Å². The van der Waals surface area contributed by atoms with Gasteiger partial charge in [0.25, 0.3) is 0 Å². The Morgan fingerprint density at radius 3 is 2.56 bits per heavy atom. The number of sulfone groups is 1. The van der Waals surface area contributed by atoms with Gasteiger partial charge >= 0.3 is 0 Å². The van der Waals surface area contributed by atoms with Crippen LogP contribution in [0, 0.1) is 5.82 Å². The maximum Gasteiger partial charge on any atom is 0.248 e. The summed E-state index contributed by atoms with van der Waals surface area (Å²) in [6.45, 7) is 3.75. The molecule has 186 valence electrons. The summed E-state index contributed by atoms with van der Waals surface area (Å²) in [5.74, 6) is -1.26. The number of nitrogens with zero attached hydrogens (tertiary/aromatic N) is 1. The highest BCUT2D eigenvalue weighted by Gasteiger charge is 2.44. The molecule has 1 saturated heterocycles. The topological polar surface area (TPSA) is 108 Å². The monoisotopic (exact) mass is 494 g/mol. The van der Waals surface area contributed by atoms with E-state index in [4.69, 9.17) is 14.0 Å². The summed E-state index contributed by atoms with van der Waals surface area (Å²) in [7, 11) is -4.09. The molecule has 1 aliphatic heterocycles. The predicted molar refractivity (Wildman–Crippen MR) is 122 cm³/mol. The number of hydrogen-bond donors (Lipinski definition) is 1. The van der Waals surface area contributed by atoms with Crippen LogP contribution in [0.3, 0.4) is 0 Å². The van der Waals surface area contributed by atoms with Gasteiger partial charge in [-0.25, -0.2) is 12.8 Å². The molecule has 0 spiro atoms. The number of amides is 1. The molecular weight excluding hydrogens is 463 g/mol. The Kier molecular flexibility index (Phi) is 7.12. The van der Waals surface area contributed by atoms with Gasteiger partial charge in [0.1, 0.15) is 10.6 Å². The van der Waals surface area contributed by atoms with Crippen molar-refractivity contribution in [2.75, 3.05) is 18.5 Å². The maximum absolute atomic E-state index is 13.2. The summed E-state index contributed by atoms with van der Waals surface area (Å²) in [5, 5.41) is 6.75. The van der Waals surface area contributed by atoms with E-state index < -0.39 is 26.3 Å². The molecule has 0 radical (unpaired) electrons. The first-order valence-corrected chi connectivity index (χ1v) is 13.1. The van der Waals surface area contributed by atoms with Crippen molar-refractivity contribution in [2.24, 2.45) is 0 Å². The highest BCUT2D eigenvalue weighted by molar-refractivity contribution is 7.93. The minimum atomic E-state index is -4.09. The van der Waals surface area contributed by atoms with Crippen LogP contribution in [0.15, 0.2) is 39.8 Å². The Morgan fingerprint density at radius 2 is 1.91 bits per heavy atom. The molecule has 2 heterocycles.